The summed E-state index contributed by atoms with van der Waals surface area (Å²) in [7, 11) is 0. The Hall–Kier alpha value is -3.87. The number of benzene rings is 4. The molecule has 5 aromatic rings. The minimum absolute atomic E-state index is 0.0536. The first-order chi connectivity index (χ1) is 19.7. The quantitative estimate of drug-likeness (QED) is 0.167. The molecule has 1 aliphatic carbocycles. The number of aromatic nitrogens is 1. The Morgan fingerprint density at radius 2 is 1.50 bits per heavy atom. The highest BCUT2D eigenvalue weighted by Crippen LogP contribution is 2.54. The molecule has 4 aromatic carbocycles. The van der Waals surface area contributed by atoms with Crippen molar-refractivity contribution in [2.45, 2.75) is 37.1 Å². The molecule has 1 aromatic heterocycles. The maximum atomic E-state index is 13.9. The van der Waals surface area contributed by atoms with Gasteiger partial charge in [-0.1, -0.05) is 77.4 Å². The van der Waals surface area contributed by atoms with Gasteiger partial charge in [0, 0.05) is 40.6 Å². The molecule has 0 fully saturated rings. The predicted molar refractivity (Wildman–Crippen MR) is 161 cm³/mol. The number of ketones is 1. The van der Waals surface area contributed by atoms with E-state index in [4.69, 9.17) is 0 Å². The number of carbonyl (C=O) groups excluding carboxylic acids is 1. The summed E-state index contributed by atoms with van der Waals surface area (Å²) < 4.78 is 3.53. The van der Waals surface area contributed by atoms with E-state index >= 15 is 0 Å². The van der Waals surface area contributed by atoms with Crippen molar-refractivity contribution in [1.82, 2.24) is 0 Å². The van der Waals surface area contributed by atoms with Crippen LogP contribution in [0.5, 0.6) is 0 Å². The fourth-order valence-corrected chi connectivity index (χ4v) is 9.47. The molecular weight excluding hydrogens is 533 g/mol. The summed E-state index contributed by atoms with van der Waals surface area (Å²) in [4.78, 5) is 17.4. The maximum Gasteiger partial charge on any atom is 0.266 e. The third-order valence-corrected chi connectivity index (χ3v) is 11.2. The highest BCUT2D eigenvalue weighted by molar-refractivity contribution is 8.03. The van der Waals surface area contributed by atoms with Crippen molar-refractivity contribution < 1.29 is 14.5 Å². The number of thiazole rings is 1. The summed E-state index contributed by atoms with van der Waals surface area (Å²) in [6.45, 7) is 1.83. The Labute approximate surface area is 239 Å². The summed E-state index contributed by atoms with van der Waals surface area (Å²) in [5.74, 6) is -0.107. The van der Waals surface area contributed by atoms with E-state index < -0.39 is 0 Å². The van der Waals surface area contributed by atoms with E-state index in [1.54, 1.807) is 23.1 Å². The minimum Gasteiger partial charge on any atom is -0.871 e. The summed E-state index contributed by atoms with van der Waals surface area (Å²) in [5, 5.41) is 20.9. The van der Waals surface area contributed by atoms with Gasteiger partial charge in [-0.3, -0.25) is 4.79 Å². The Morgan fingerprint density at radius 1 is 0.800 bits per heavy atom. The number of hydrogen-bond acceptors (Lipinski definition) is 5. The van der Waals surface area contributed by atoms with E-state index in [-0.39, 0.29) is 11.5 Å². The zero-order valence-corrected chi connectivity index (χ0v) is 23.3. The molecule has 0 bridgehead atoms. The molecule has 6 heteroatoms. The van der Waals surface area contributed by atoms with Crippen LogP contribution in [-0.4, -0.2) is 12.3 Å². The van der Waals surface area contributed by atoms with Gasteiger partial charge in [0.05, 0.1) is 10.7 Å². The van der Waals surface area contributed by atoms with Crippen LogP contribution in [0, 0.1) is 0 Å². The molecule has 0 saturated carbocycles. The Morgan fingerprint density at radius 3 is 2.27 bits per heavy atom. The van der Waals surface area contributed by atoms with Gasteiger partial charge >= 0.3 is 0 Å². The number of aryl methyl sites for hydroxylation is 1. The van der Waals surface area contributed by atoms with Gasteiger partial charge in [0.25, 0.3) is 5.01 Å². The van der Waals surface area contributed by atoms with Crippen LogP contribution in [0.3, 0.4) is 0 Å². The van der Waals surface area contributed by atoms with Crippen molar-refractivity contribution in [2.75, 3.05) is 11.4 Å². The molecule has 4 heterocycles. The first-order valence-corrected chi connectivity index (χ1v) is 15.6. The lowest BCUT2D eigenvalue weighted by Gasteiger charge is -2.37. The van der Waals surface area contributed by atoms with E-state index in [9.17, 15) is 9.90 Å². The molecule has 0 radical (unpaired) electrons. The molecule has 0 N–H and O–H groups in total. The number of carbonyl (C=O) groups is 1. The number of hydrogen-bond donors (Lipinski definition) is 0. The van der Waals surface area contributed by atoms with E-state index in [0.717, 1.165) is 60.0 Å². The van der Waals surface area contributed by atoms with Crippen LogP contribution >= 0.6 is 23.1 Å². The van der Waals surface area contributed by atoms with Crippen LogP contribution in [0.4, 0.5) is 5.69 Å². The summed E-state index contributed by atoms with van der Waals surface area (Å²) >= 11 is 3.43. The van der Waals surface area contributed by atoms with Crippen molar-refractivity contribution in [1.29, 1.82) is 0 Å². The second-order valence-corrected chi connectivity index (χ2v) is 13.1. The number of fused-ring (bicyclic) bond motifs is 8. The second-order valence-electron chi connectivity index (χ2n) is 11.0. The fourth-order valence-electron chi connectivity index (χ4n) is 6.88. The predicted octanol–water partition coefficient (Wildman–Crippen LogP) is 6.86. The SMILES string of the molecule is O=C1C(C2=C3Sc4cc5ccccc5cc4N3CCC2)=C([O-])/C1=C1/CCC[n+]2c1sc1cc3ccccc3cc12. The Bertz CT molecular complexity index is 2080. The van der Waals surface area contributed by atoms with Crippen LogP contribution in [0.15, 0.2) is 105 Å². The molecule has 0 unspecified atom stereocenters. The summed E-state index contributed by atoms with van der Waals surface area (Å²) in [6, 6.07) is 25.8. The van der Waals surface area contributed by atoms with E-state index in [1.807, 2.05) is 0 Å². The molecule has 40 heavy (non-hydrogen) atoms. The smallest absolute Gasteiger partial charge is 0.266 e. The van der Waals surface area contributed by atoms with Crippen LogP contribution in [0.1, 0.15) is 30.7 Å². The maximum absolute atomic E-state index is 13.9. The summed E-state index contributed by atoms with van der Waals surface area (Å²) in [6.07, 6.45) is 3.42. The van der Waals surface area contributed by atoms with Gasteiger partial charge in [-0.05, 0) is 64.6 Å². The molecule has 0 amide bonds. The third kappa shape index (κ3) is 3.09. The lowest BCUT2D eigenvalue weighted by molar-refractivity contribution is -0.672. The van der Waals surface area contributed by atoms with E-state index in [2.05, 4.69) is 82.3 Å². The number of rotatable bonds is 1. The second kappa shape index (κ2) is 8.32. The number of allylic oxidation sites excluding steroid dienone is 4. The molecule has 194 valence electrons. The molecule has 3 aliphatic heterocycles. The lowest BCUT2D eigenvalue weighted by Crippen LogP contribution is -2.41. The van der Waals surface area contributed by atoms with Gasteiger partial charge in [-0.15, -0.1) is 0 Å². The molecule has 0 spiro atoms. The van der Waals surface area contributed by atoms with Crippen molar-refractivity contribution >= 4 is 71.9 Å². The highest BCUT2D eigenvalue weighted by Gasteiger charge is 2.41. The van der Waals surface area contributed by atoms with Gasteiger partial charge in [0.2, 0.25) is 5.52 Å². The molecular formula is C34H24N2O2S2. The lowest BCUT2D eigenvalue weighted by atomic mass is 9.78. The van der Waals surface area contributed by atoms with E-state index in [0.29, 0.717) is 11.1 Å². The van der Waals surface area contributed by atoms with Crippen LogP contribution in [0.25, 0.3) is 37.3 Å². The Kier molecular flexibility index (Phi) is 4.76. The van der Waals surface area contributed by atoms with E-state index in [1.165, 1.54) is 42.3 Å². The average Bonchev–Trinajstić information content (AvgIpc) is 3.53. The van der Waals surface area contributed by atoms with Gasteiger partial charge in [-0.25, -0.2) is 0 Å². The topological polar surface area (TPSA) is 47.3 Å². The zero-order valence-electron chi connectivity index (χ0n) is 21.7. The van der Waals surface area contributed by atoms with Crippen molar-refractivity contribution in [2.24, 2.45) is 0 Å². The number of Topliss-reactive ketones (excluding diaryl/α,β-unsaturated/α-hetero) is 1. The van der Waals surface area contributed by atoms with Gasteiger partial charge in [0.1, 0.15) is 4.70 Å². The third-order valence-electron chi connectivity index (χ3n) is 8.78. The number of anilines is 1. The Balaban J connectivity index is 1.17. The van der Waals surface area contributed by atoms with Crippen LogP contribution < -0.4 is 14.6 Å². The fraction of sp³-hybridized carbons (Fsp3) is 0.176. The monoisotopic (exact) mass is 556 g/mol. The minimum atomic E-state index is -0.0536. The first kappa shape index (κ1) is 22.9. The van der Waals surface area contributed by atoms with Crippen LogP contribution in [-0.2, 0) is 11.3 Å². The average molecular weight is 557 g/mol. The van der Waals surface area contributed by atoms with Crippen molar-refractivity contribution in [3.05, 3.63) is 105 Å². The molecule has 9 rings (SSSR count). The molecule has 4 nitrogen and oxygen atoms in total. The normalized spacial score (nSPS) is 20.4. The molecule has 4 aliphatic rings. The number of nitrogens with zero attached hydrogens (tertiary/aromatic N) is 2. The van der Waals surface area contributed by atoms with Gasteiger partial charge in [0.15, 0.2) is 12.3 Å². The standard InChI is InChI=1S/C34H24N2O2S2/c37-31-29(23-11-5-13-35-25-15-19-7-1-3-9-21(19)17-27(25)39-33(23)35)32(38)30(31)24-12-6-14-36-26-16-20-8-2-4-10-22(20)18-28(26)40-34(24)36/h1-4,7-10,15-18H,5-6,11-14H2. The highest BCUT2D eigenvalue weighted by atomic mass is 32.2. The number of thioether (sulfide) groups is 1. The zero-order chi connectivity index (χ0) is 26.5. The van der Waals surface area contributed by atoms with Gasteiger partial charge in [-0.2, -0.15) is 4.57 Å². The van der Waals surface area contributed by atoms with Crippen LogP contribution in [0.2, 0.25) is 0 Å². The molecule has 0 atom stereocenters. The largest absolute Gasteiger partial charge is 0.871 e. The summed E-state index contributed by atoms with van der Waals surface area (Å²) in [5.41, 5.74) is 5.14. The van der Waals surface area contributed by atoms with Crippen molar-refractivity contribution in [3.63, 3.8) is 0 Å². The first-order valence-electron chi connectivity index (χ1n) is 13.9. The van der Waals surface area contributed by atoms with Gasteiger partial charge < -0.3 is 10.0 Å². The van der Waals surface area contributed by atoms with Crippen molar-refractivity contribution in [3.8, 4) is 0 Å². The molecule has 0 saturated heterocycles.